The number of unbranched alkanes of at least 4 members (excludes halogenated alkanes) is 1. The van der Waals surface area contributed by atoms with Gasteiger partial charge in [-0.15, -0.1) is 0 Å². The molecule has 0 aromatic heterocycles. The first kappa shape index (κ1) is 14.7. The lowest BCUT2D eigenvalue weighted by molar-refractivity contribution is -0.135. The van der Waals surface area contributed by atoms with Crippen LogP contribution in [0, 0.1) is 0 Å². The smallest absolute Gasteiger partial charge is 0.376 e. The Balaban J connectivity index is 1.84. The van der Waals surface area contributed by atoms with Crippen LogP contribution >= 0.6 is 0 Å². The molecule has 1 aliphatic rings. The average Bonchev–Trinajstić information content (AvgIpc) is 2.28. The molecule has 0 amide bonds. The van der Waals surface area contributed by atoms with Crippen LogP contribution in [0.4, 0.5) is 13.2 Å². The van der Waals surface area contributed by atoms with E-state index < -0.39 is 12.6 Å². The highest BCUT2D eigenvalue weighted by atomic mass is 19.4. The fraction of sp³-hybridized carbons (Fsp3) is 1.00. The molecule has 0 saturated carbocycles. The molecule has 1 saturated heterocycles. The van der Waals surface area contributed by atoms with Crippen molar-refractivity contribution in [3.63, 3.8) is 0 Å². The molecule has 0 aliphatic carbocycles. The number of hydrogen-bond donors (Lipinski definition) is 2. The molecule has 1 rings (SSSR count). The molecule has 1 heterocycles. The molecule has 0 radical (unpaired) electrons. The van der Waals surface area contributed by atoms with E-state index in [0.29, 0.717) is 13.0 Å². The minimum Gasteiger partial charge on any atom is -0.376 e. The summed E-state index contributed by atoms with van der Waals surface area (Å²) in [6.07, 6.45) is -2.76. The number of alkyl halides is 3. The molecular weight excluding hydrogens is 233 g/mol. The quantitative estimate of drug-likeness (QED) is 0.678. The first-order valence-corrected chi connectivity index (χ1v) is 6.18. The summed E-state index contributed by atoms with van der Waals surface area (Å²) in [4.78, 5) is 0. The summed E-state index contributed by atoms with van der Waals surface area (Å²) in [6.45, 7) is 3.97. The molecule has 1 atom stereocenters. The SMILES string of the molecule is FC(F)(F)CCCCNCCC1CNCCO1. The molecule has 1 aliphatic heterocycles. The highest BCUT2D eigenvalue weighted by Gasteiger charge is 2.25. The molecule has 3 nitrogen and oxygen atoms in total. The van der Waals surface area contributed by atoms with E-state index in [0.717, 1.165) is 32.7 Å². The van der Waals surface area contributed by atoms with Crippen molar-refractivity contribution in [1.82, 2.24) is 10.6 Å². The van der Waals surface area contributed by atoms with Gasteiger partial charge >= 0.3 is 6.18 Å². The van der Waals surface area contributed by atoms with Gasteiger partial charge in [0.05, 0.1) is 12.7 Å². The maximum Gasteiger partial charge on any atom is 0.389 e. The van der Waals surface area contributed by atoms with Crippen LogP contribution in [0.2, 0.25) is 0 Å². The van der Waals surface area contributed by atoms with E-state index in [1.807, 2.05) is 0 Å². The van der Waals surface area contributed by atoms with Gasteiger partial charge in [-0.3, -0.25) is 0 Å². The molecule has 0 spiro atoms. The largest absolute Gasteiger partial charge is 0.389 e. The van der Waals surface area contributed by atoms with Crippen molar-refractivity contribution in [2.75, 3.05) is 32.8 Å². The second-order valence-electron chi connectivity index (χ2n) is 4.31. The first-order valence-electron chi connectivity index (χ1n) is 6.18. The molecule has 0 aromatic rings. The van der Waals surface area contributed by atoms with Gasteiger partial charge in [0.1, 0.15) is 0 Å². The Hall–Kier alpha value is -0.330. The predicted molar refractivity (Wildman–Crippen MR) is 60.0 cm³/mol. The summed E-state index contributed by atoms with van der Waals surface area (Å²) in [5.41, 5.74) is 0. The third-order valence-corrected chi connectivity index (χ3v) is 2.71. The average molecular weight is 254 g/mol. The van der Waals surface area contributed by atoms with E-state index in [1.54, 1.807) is 0 Å². The fourth-order valence-electron chi connectivity index (χ4n) is 1.77. The molecular formula is C11H21F3N2O. The van der Waals surface area contributed by atoms with Crippen LogP contribution in [0.1, 0.15) is 25.7 Å². The number of rotatable bonds is 7. The van der Waals surface area contributed by atoms with Crippen molar-refractivity contribution in [3.05, 3.63) is 0 Å². The fourth-order valence-corrected chi connectivity index (χ4v) is 1.77. The van der Waals surface area contributed by atoms with Crippen LogP contribution in [0.25, 0.3) is 0 Å². The van der Waals surface area contributed by atoms with Gasteiger partial charge < -0.3 is 15.4 Å². The number of nitrogens with one attached hydrogen (secondary N) is 2. The predicted octanol–water partition coefficient (Wildman–Crippen LogP) is 1.69. The number of ether oxygens (including phenoxy) is 1. The summed E-state index contributed by atoms with van der Waals surface area (Å²) < 4.78 is 41.0. The van der Waals surface area contributed by atoms with E-state index >= 15 is 0 Å². The minimum absolute atomic E-state index is 0.206. The maximum absolute atomic E-state index is 11.8. The molecule has 2 N–H and O–H groups in total. The molecule has 1 unspecified atom stereocenters. The van der Waals surface area contributed by atoms with Crippen molar-refractivity contribution >= 4 is 0 Å². The zero-order chi connectivity index (χ0) is 12.6. The summed E-state index contributed by atoms with van der Waals surface area (Å²) >= 11 is 0. The van der Waals surface area contributed by atoms with Gasteiger partial charge in [-0.25, -0.2) is 0 Å². The zero-order valence-corrected chi connectivity index (χ0v) is 9.98. The lowest BCUT2D eigenvalue weighted by Gasteiger charge is -2.23. The van der Waals surface area contributed by atoms with Crippen LogP contribution in [0.5, 0.6) is 0 Å². The molecule has 102 valence electrons. The van der Waals surface area contributed by atoms with Crippen LogP contribution in [-0.4, -0.2) is 45.1 Å². The van der Waals surface area contributed by atoms with E-state index in [-0.39, 0.29) is 12.5 Å². The zero-order valence-electron chi connectivity index (χ0n) is 9.98. The van der Waals surface area contributed by atoms with Gasteiger partial charge in [0.15, 0.2) is 0 Å². The Labute approximate surface area is 100 Å². The number of halogens is 3. The van der Waals surface area contributed by atoms with Crippen LogP contribution < -0.4 is 10.6 Å². The normalized spacial score (nSPS) is 21.7. The van der Waals surface area contributed by atoms with Crippen molar-refractivity contribution in [1.29, 1.82) is 0 Å². The number of morpholine rings is 1. The van der Waals surface area contributed by atoms with E-state index in [9.17, 15) is 13.2 Å². The van der Waals surface area contributed by atoms with E-state index in [4.69, 9.17) is 4.74 Å². The first-order chi connectivity index (χ1) is 8.08. The van der Waals surface area contributed by atoms with Crippen LogP contribution in [0.15, 0.2) is 0 Å². The monoisotopic (exact) mass is 254 g/mol. The van der Waals surface area contributed by atoms with Crippen LogP contribution in [-0.2, 0) is 4.74 Å². The van der Waals surface area contributed by atoms with Gasteiger partial charge in [0.2, 0.25) is 0 Å². The van der Waals surface area contributed by atoms with E-state index in [2.05, 4.69) is 10.6 Å². The Morgan fingerprint density at radius 2 is 2.06 bits per heavy atom. The highest BCUT2D eigenvalue weighted by Crippen LogP contribution is 2.21. The molecule has 1 fully saturated rings. The molecule has 17 heavy (non-hydrogen) atoms. The van der Waals surface area contributed by atoms with Crippen molar-refractivity contribution in [2.24, 2.45) is 0 Å². The van der Waals surface area contributed by atoms with Crippen LogP contribution in [0.3, 0.4) is 0 Å². The molecule has 0 aromatic carbocycles. The summed E-state index contributed by atoms with van der Waals surface area (Å²) in [6, 6.07) is 0. The Bertz CT molecular complexity index is 194. The second kappa shape index (κ2) is 7.89. The van der Waals surface area contributed by atoms with E-state index in [1.165, 1.54) is 0 Å². The summed E-state index contributed by atoms with van der Waals surface area (Å²) in [5, 5.41) is 6.38. The lowest BCUT2D eigenvalue weighted by Crippen LogP contribution is -2.40. The number of hydrogen-bond acceptors (Lipinski definition) is 3. The van der Waals surface area contributed by atoms with Crippen molar-refractivity contribution in [2.45, 2.75) is 38.0 Å². The van der Waals surface area contributed by atoms with Crippen molar-refractivity contribution < 1.29 is 17.9 Å². The Morgan fingerprint density at radius 3 is 2.71 bits per heavy atom. The third kappa shape index (κ3) is 8.40. The van der Waals surface area contributed by atoms with Gasteiger partial charge in [-0.2, -0.15) is 13.2 Å². The third-order valence-electron chi connectivity index (χ3n) is 2.71. The van der Waals surface area contributed by atoms with Gasteiger partial charge in [-0.1, -0.05) is 0 Å². The molecule has 0 bridgehead atoms. The van der Waals surface area contributed by atoms with Gasteiger partial charge in [0.25, 0.3) is 0 Å². The minimum atomic E-state index is -4.01. The standard InChI is InChI=1S/C11H21F3N2O/c12-11(13,14)4-1-2-5-15-6-3-10-9-16-7-8-17-10/h10,15-16H,1-9H2. The topological polar surface area (TPSA) is 33.3 Å². The second-order valence-corrected chi connectivity index (χ2v) is 4.31. The summed E-state index contributed by atoms with van der Waals surface area (Å²) in [5.74, 6) is 0. The Kier molecular flexibility index (Phi) is 6.84. The van der Waals surface area contributed by atoms with Gasteiger partial charge in [0, 0.05) is 19.5 Å². The maximum atomic E-state index is 11.8. The summed E-state index contributed by atoms with van der Waals surface area (Å²) in [7, 11) is 0. The highest BCUT2D eigenvalue weighted by molar-refractivity contribution is 4.68. The Morgan fingerprint density at radius 1 is 1.24 bits per heavy atom. The van der Waals surface area contributed by atoms with Crippen molar-refractivity contribution in [3.8, 4) is 0 Å². The van der Waals surface area contributed by atoms with Gasteiger partial charge in [-0.05, 0) is 32.4 Å². The molecule has 6 heteroatoms. The lowest BCUT2D eigenvalue weighted by atomic mass is 10.2.